The second kappa shape index (κ2) is 7.41. The number of aromatic nitrogens is 1. The summed E-state index contributed by atoms with van der Waals surface area (Å²) in [6, 6.07) is 0. The van der Waals surface area contributed by atoms with Crippen molar-refractivity contribution in [2.24, 2.45) is 5.41 Å². The van der Waals surface area contributed by atoms with E-state index in [0.29, 0.717) is 5.91 Å². The average molecular weight is 376 g/mol. The van der Waals surface area contributed by atoms with Gasteiger partial charge in [-0.25, -0.2) is 4.98 Å². The van der Waals surface area contributed by atoms with Crippen LogP contribution in [0.15, 0.2) is 23.7 Å². The summed E-state index contributed by atoms with van der Waals surface area (Å²) >= 11 is 1.72. The third-order valence-corrected chi connectivity index (χ3v) is 7.01. The summed E-state index contributed by atoms with van der Waals surface area (Å²) in [5, 5.41) is 3.21. The topological polar surface area (TPSA) is 45.7 Å². The Hall–Kier alpha value is -1.24. The maximum Gasteiger partial charge on any atom is 0.228 e. The molecule has 1 atom stereocenters. The fourth-order valence-corrected chi connectivity index (χ4v) is 5.20. The van der Waals surface area contributed by atoms with Gasteiger partial charge in [-0.1, -0.05) is 19.1 Å². The standard InChI is InChI=1S/C20H29N3O2S/c1-19(5-3-2-4-6-19)18(24)23-10-7-20(8-11-23)16-22(12-13-25-20)15-17-21-9-14-26-17/h2-3,9,14H,4-8,10-13,15-16H2,1H3. The summed E-state index contributed by atoms with van der Waals surface area (Å²) in [4.78, 5) is 22.0. The lowest BCUT2D eigenvalue weighted by molar-refractivity contribution is -0.158. The van der Waals surface area contributed by atoms with Gasteiger partial charge in [-0.05, 0) is 32.1 Å². The van der Waals surface area contributed by atoms with Gasteiger partial charge in [-0.3, -0.25) is 9.69 Å². The highest BCUT2D eigenvalue weighted by Gasteiger charge is 2.43. The molecule has 142 valence electrons. The van der Waals surface area contributed by atoms with Crippen molar-refractivity contribution >= 4 is 17.2 Å². The van der Waals surface area contributed by atoms with E-state index >= 15 is 0 Å². The summed E-state index contributed by atoms with van der Waals surface area (Å²) in [5.41, 5.74) is -0.288. The first kappa shape index (κ1) is 18.1. The molecule has 5 nitrogen and oxygen atoms in total. The summed E-state index contributed by atoms with van der Waals surface area (Å²) < 4.78 is 6.25. The van der Waals surface area contributed by atoms with Gasteiger partial charge in [0.05, 0.1) is 24.2 Å². The molecular weight excluding hydrogens is 346 g/mol. The number of rotatable bonds is 3. The van der Waals surface area contributed by atoms with Gasteiger partial charge in [0.2, 0.25) is 5.91 Å². The summed E-state index contributed by atoms with van der Waals surface area (Å²) in [6.07, 6.45) is 11.0. The van der Waals surface area contributed by atoms with Crippen molar-refractivity contribution in [3.63, 3.8) is 0 Å². The molecule has 0 aromatic carbocycles. The van der Waals surface area contributed by atoms with Crippen molar-refractivity contribution < 1.29 is 9.53 Å². The molecule has 1 aromatic heterocycles. The summed E-state index contributed by atoms with van der Waals surface area (Å²) in [6.45, 7) is 7.39. The molecule has 0 bridgehead atoms. The van der Waals surface area contributed by atoms with E-state index in [0.717, 1.165) is 71.4 Å². The molecule has 1 spiro atoms. The number of ether oxygens (including phenoxy) is 1. The Bertz CT molecular complexity index is 652. The van der Waals surface area contributed by atoms with Crippen LogP contribution in [0.1, 0.15) is 44.0 Å². The monoisotopic (exact) mass is 375 g/mol. The zero-order valence-electron chi connectivity index (χ0n) is 15.7. The zero-order chi connectivity index (χ0) is 18.0. The number of carbonyl (C=O) groups is 1. The fourth-order valence-electron chi connectivity index (χ4n) is 4.54. The SMILES string of the molecule is CC1(C(=O)N2CCC3(CC2)CN(Cc2nccs2)CCO3)CC=CCC1. The predicted molar refractivity (Wildman–Crippen MR) is 103 cm³/mol. The second-order valence-corrected chi connectivity index (χ2v) is 9.21. The van der Waals surface area contributed by atoms with Gasteiger partial charge in [0.15, 0.2) is 0 Å². The van der Waals surface area contributed by atoms with Gasteiger partial charge in [-0.15, -0.1) is 11.3 Å². The van der Waals surface area contributed by atoms with Crippen molar-refractivity contribution in [2.45, 2.75) is 51.2 Å². The van der Waals surface area contributed by atoms with Crippen LogP contribution in [0.25, 0.3) is 0 Å². The van der Waals surface area contributed by atoms with Crippen LogP contribution in [0.4, 0.5) is 0 Å². The van der Waals surface area contributed by atoms with E-state index in [9.17, 15) is 4.79 Å². The smallest absolute Gasteiger partial charge is 0.228 e. The lowest BCUT2D eigenvalue weighted by atomic mass is 9.77. The van der Waals surface area contributed by atoms with Gasteiger partial charge in [0.25, 0.3) is 0 Å². The highest BCUT2D eigenvalue weighted by Crippen LogP contribution is 2.37. The molecule has 3 aliphatic rings. The van der Waals surface area contributed by atoms with E-state index in [2.05, 4.69) is 33.9 Å². The lowest BCUT2D eigenvalue weighted by Crippen LogP contribution is -2.58. The largest absolute Gasteiger partial charge is 0.372 e. The molecule has 0 N–H and O–H groups in total. The van der Waals surface area contributed by atoms with Crippen LogP contribution in [0.5, 0.6) is 0 Å². The number of piperidine rings is 1. The number of likely N-dealkylation sites (tertiary alicyclic amines) is 1. The minimum Gasteiger partial charge on any atom is -0.372 e. The van der Waals surface area contributed by atoms with Crippen molar-refractivity contribution in [1.82, 2.24) is 14.8 Å². The first-order valence-corrected chi connectivity index (χ1v) is 10.7. The van der Waals surface area contributed by atoms with Crippen LogP contribution in [0.2, 0.25) is 0 Å². The number of allylic oxidation sites excluding steroid dienone is 2. The minimum absolute atomic E-state index is 0.0837. The molecule has 2 fully saturated rings. The Balaban J connectivity index is 1.35. The Morgan fingerprint density at radius 1 is 1.27 bits per heavy atom. The van der Waals surface area contributed by atoms with E-state index in [4.69, 9.17) is 4.74 Å². The zero-order valence-corrected chi connectivity index (χ0v) is 16.5. The Morgan fingerprint density at radius 2 is 2.12 bits per heavy atom. The third kappa shape index (κ3) is 3.73. The molecule has 1 aromatic rings. The van der Waals surface area contributed by atoms with E-state index in [1.54, 1.807) is 11.3 Å². The van der Waals surface area contributed by atoms with E-state index < -0.39 is 0 Å². The molecular formula is C20H29N3O2S. The van der Waals surface area contributed by atoms with Gasteiger partial charge < -0.3 is 9.64 Å². The summed E-state index contributed by atoms with van der Waals surface area (Å²) in [7, 11) is 0. The Kier molecular flexibility index (Phi) is 5.17. The average Bonchev–Trinajstić information content (AvgIpc) is 3.16. The first-order chi connectivity index (χ1) is 12.6. The van der Waals surface area contributed by atoms with Gasteiger partial charge >= 0.3 is 0 Å². The van der Waals surface area contributed by atoms with Crippen LogP contribution < -0.4 is 0 Å². The molecule has 1 unspecified atom stereocenters. The van der Waals surface area contributed by atoms with Crippen molar-refractivity contribution in [2.75, 3.05) is 32.8 Å². The molecule has 1 aliphatic carbocycles. The minimum atomic E-state index is -0.205. The van der Waals surface area contributed by atoms with E-state index in [1.807, 2.05) is 11.6 Å². The Morgan fingerprint density at radius 3 is 2.81 bits per heavy atom. The van der Waals surface area contributed by atoms with Crippen LogP contribution in [0, 0.1) is 5.41 Å². The number of carbonyl (C=O) groups excluding carboxylic acids is 1. The number of thiazole rings is 1. The molecule has 26 heavy (non-hydrogen) atoms. The van der Waals surface area contributed by atoms with Crippen molar-refractivity contribution in [3.05, 3.63) is 28.7 Å². The van der Waals surface area contributed by atoms with Crippen LogP contribution >= 0.6 is 11.3 Å². The number of hydrogen-bond acceptors (Lipinski definition) is 5. The maximum atomic E-state index is 13.1. The van der Waals surface area contributed by atoms with Gasteiger partial charge in [0, 0.05) is 37.8 Å². The Labute approximate surface area is 160 Å². The van der Waals surface area contributed by atoms with Crippen LogP contribution in [0.3, 0.4) is 0 Å². The number of nitrogens with zero attached hydrogens (tertiary/aromatic N) is 3. The number of amides is 1. The van der Waals surface area contributed by atoms with Crippen molar-refractivity contribution in [1.29, 1.82) is 0 Å². The lowest BCUT2D eigenvalue weighted by Gasteiger charge is -2.48. The second-order valence-electron chi connectivity index (χ2n) is 8.24. The van der Waals surface area contributed by atoms with Gasteiger partial charge in [0.1, 0.15) is 5.01 Å². The molecule has 2 saturated heterocycles. The maximum absolute atomic E-state index is 13.1. The molecule has 6 heteroatoms. The van der Waals surface area contributed by atoms with E-state index in [-0.39, 0.29) is 11.0 Å². The van der Waals surface area contributed by atoms with Crippen molar-refractivity contribution in [3.8, 4) is 0 Å². The van der Waals surface area contributed by atoms with Crippen LogP contribution in [-0.4, -0.2) is 59.1 Å². The van der Waals surface area contributed by atoms with Gasteiger partial charge in [-0.2, -0.15) is 0 Å². The number of morpholine rings is 1. The quantitative estimate of drug-likeness (QED) is 0.762. The third-order valence-electron chi connectivity index (χ3n) is 6.25. The normalized spacial score (nSPS) is 29.2. The first-order valence-electron chi connectivity index (χ1n) is 9.78. The molecule has 1 amide bonds. The highest BCUT2D eigenvalue weighted by atomic mass is 32.1. The van der Waals surface area contributed by atoms with Crippen LogP contribution in [-0.2, 0) is 16.1 Å². The van der Waals surface area contributed by atoms with E-state index in [1.165, 1.54) is 5.01 Å². The molecule has 2 aliphatic heterocycles. The fraction of sp³-hybridized carbons (Fsp3) is 0.700. The number of hydrogen-bond donors (Lipinski definition) is 0. The molecule has 3 heterocycles. The highest BCUT2D eigenvalue weighted by molar-refractivity contribution is 7.09. The molecule has 0 saturated carbocycles. The predicted octanol–water partition coefficient (Wildman–Crippen LogP) is 3.08. The molecule has 0 radical (unpaired) electrons. The molecule has 4 rings (SSSR count). The summed E-state index contributed by atoms with van der Waals surface area (Å²) in [5.74, 6) is 0.340.